The van der Waals surface area contributed by atoms with Crippen molar-refractivity contribution < 1.29 is 0 Å². The van der Waals surface area contributed by atoms with E-state index in [1.807, 2.05) is 0 Å². The van der Waals surface area contributed by atoms with Crippen LogP contribution in [0.2, 0.25) is 0 Å². The molecule has 0 aromatic carbocycles. The molecule has 60 valence electrons. The van der Waals surface area contributed by atoms with Gasteiger partial charge in [-0.2, -0.15) is 0 Å². The molecular formula is C8H17NS. The van der Waals surface area contributed by atoms with E-state index in [4.69, 9.17) is 12.2 Å². The maximum Gasteiger partial charge on any atom is 0.0643 e. The van der Waals surface area contributed by atoms with E-state index in [1.165, 1.54) is 12.8 Å². The molecule has 1 unspecified atom stereocenters. The molecule has 0 aliphatic rings. The van der Waals surface area contributed by atoms with Gasteiger partial charge < -0.3 is 4.90 Å². The van der Waals surface area contributed by atoms with Gasteiger partial charge in [-0.3, -0.25) is 0 Å². The van der Waals surface area contributed by atoms with Crippen LogP contribution in [0.3, 0.4) is 0 Å². The minimum atomic E-state index is 0.618. The first-order valence-corrected chi connectivity index (χ1v) is 4.44. The topological polar surface area (TPSA) is 3.24 Å². The highest BCUT2D eigenvalue weighted by molar-refractivity contribution is 7.78. The highest BCUT2D eigenvalue weighted by atomic mass is 32.1. The Morgan fingerprint density at radius 3 is 2.40 bits per heavy atom. The Hall–Kier alpha value is -0.110. The molecule has 0 spiro atoms. The third-order valence-electron chi connectivity index (χ3n) is 1.77. The van der Waals surface area contributed by atoms with E-state index in [-0.39, 0.29) is 0 Å². The molecule has 1 atom stereocenters. The number of hydrogen-bond donors (Lipinski definition) is 0. The fraction of sp³-hybridized carbons (Fsp3) is 0.875. The second-order valence-electron chi connectivity index (χ2n) is 2.57. The minimum Gasteiger partial charge on any atom is -0.366 e. The van der Waals surface area contributed by atoms with Crippen LogP contribution in [0, 0.1) is 0 Å². The Kier molecular flexibility index (Phi) is 5.60. The zero-order valence-electron chi connectivity index (χ0n) is 7.13. The average molecular weight is 159 g/mol. The van der Waals surface area contributed by atoms with Crippen LogP contribution in [0.4, 0.5) is 0 Å². The molecule has 0 amide bonds. The maximum atomic E-state index is 4.86. The summed E-state index contributed by atoms with van der Waals surface area (Å²) in [6.45, 7) is 7.59. The predicted octanol–water partition coefficient (Wildman–Crippen LogP) is 2.45. The zero-order valence-corrected chi connectivity index (χ0v) is 7.95. The summed E-state index contributed by atoms with van der Waals surface area (Å²) in [7, 11) is 0. The first-order valence-electron chi connectivity index (χ1n) is 3.97. The van der Waals surface area contributed by atoms with Gasteiger partial charge in [0.1, 0.15) is 0 Å². The highest BCUT2D eigenvalue weighted by Gasteiger charge is 2.04. The molecule has 0 bridgehead atoms. The monoisotopic (exact) mass is 159 g/mol. The Morgan fingerprint density at radius 2 is 2.10 bits per heavy atom. The van der Waals surface area contributed by atoms with Gasteiger partial charge in [0.2, 0.25) is 0 Å². The Morgan fingerprint density at radius 1 is 1.50 bits per heavy atom. The van der Waals surface area contributed by atoms with Crippen LogP contribution in [0.25, 0.3) is 0 Å². The lowest BCUT2D eigenvalue weighted by molar-refractivity contribution is 0.339. The van der Waals surface area contributed by atoms with Gasteiger partial charge in [0.25, 0.3) is 0 Å². The molecule has 0 rings (SSSR count). The molecule has 0 aliphatic heterocycles. The lowest BCUT2D eigenvalue weighted by Crippen LogP contribution is -2.30. The fourth-order valence-electron chi connectivity index (χ4n) is 1.07. The van der Waals surface area contributed by atoms with E-state index >= 15 is 0 Å². The van der Waals surface area contributed by atoms with Gasteiger partial charge in [0.15, 0.2) is 0 Å². The van der Waals surface area contributed by atoms with Crippen molar-refractivity contribution in [1.82, 2.24) is 4.90 Å². The minimum absolute atomic E-state index is 0.618. The Balaban J connectivity index is 3.63. The van der Waals surface area contributed by atoms with Gasteiger partial charge in [-0.25, -0.2) is 0 Å². The second kappa shape index (κ2) is 5.66. The van der Waals surface area contributed by atoms with Crippen molar-refractivity contribution in [3.8, 4) is 0 Å². The SMILES string of the molecule is CCCC(C)N(C=S)CC. The van der Waals surface area contributed by atoms with Crippen LogP contribution < -0.4 is 0 Å². The predicted molar refractivity (Wildman–Crippen MR) is 50.4 cm³/mol. The summed E-state index contributed by atoms with van der Waals surface area (Å²) in [5.74, 6) is 0. The number of rotatable bonds is 5. The fourth-order valence-corrected chi connectivity index (χ4v) is 1.43. The average Bonchev–Trinajstić information content (AvgIpc) is 1.91. The summed E-state index contributed by atoms with van der Waals surface area (Å²) >= 11 is 4.86. The van der Waals surface area contributed by atoms with Crippen LogP contribution in [-0.2, 0) is 0 Å². The van der Waals surface area contributed by atoms with E-state index in [1.54, 1.807) is 5.49 Å². The number of thiocarbonyl (C=S) groups is 1. The highest BCUT2D eigenvalue weighted by Crippen LogP contribution is 2.03. The van der Waals surface area contributed by atoms with Crippen LogP contribution in [0.15, 0.2) is 0 Å². The van der Waals surface area contributed by atoms with Gasteiger partial charge in [-0.05, 0) is 20.3 Å². The lowest BCUT2D eigenvalue weighted by atomic mass is 10.2. The molecule has 0 radical (unpaired) electrons. The largest absolute Gasteiger partial charge is 0.366 e. The standard InChI is InChI=1S/C8H17NS/c1-4-6-8(3)9(5-2)7-10/h7-8H,4-6H2,1-3H3. The quantitative estimate of drug-likeness (QED) is 0.567. The molecule has 0 saturated carbocycles. The van der Waals surface area contributed by atoms with Crippen LogP contribution in [0.5, 0.6) is 0 Å². The zero-order chi connectivity index (χ0) is 7.98. The van der Waals surface area contributed by atoms with Gasteiger partial charge in [0, 0.05) is 12.6 Å². The summed E-state index contributed by atoms with van der Waals surface area (Å²) < 4.78 is 0. The Labute approximate surface area is 69.4 Å². The van der Waals surface area contributed by atoms with Crippen LogP contribution in [-0.4, -0.2) is 23.0 Å². The molecule has 0 aliphatic carbocycles. The molecule has 0 aromatic rings. The van der Waals surface area contributed by atoms with Crippen molar-refractivity contribution >= 4 is 17.7 Å². The van der Waals surface area contributed by atoms with Crippen molar-refractivity contribution in [2.45, 2.75) is 39.7 Å². The summed E-state index contributed by atoms with van der Waals surface area (Å²) in [5.41, 5.74) is 1.76. The van der Waals surface area contributed by atoms with E-state index < -0.39 is 0 Å². The molecule has 0 heterocycles. The molecule has 0 N–H and O–H groups in total. The second-order valence-corrected chi connectivity index (χ2v) is 2.78. The molecule has 2 heteroatoms. The first kappa shape index (κ1) is 9.89. The third kappa shape index (κ3) is 3.16. The molecule has 0 aromatic heterocycles. The van der Waals surface area contributed by atoms with Gasteiger partial charge >= 0.3 is 0 Å². The molecular weight excluding hydrogens is 142 g/mol. The van der Waals surface area contributed by atoms with E-state index in [0.29, 0.717) is 6.04 Å². The van der Waals surface area contributed by atoms with Crippen molar-refractivity contribution in [2.75, 3.05) is 6.54 Å². The van der Waals surface area contributed by atoms with Crippen molar-refractivity contribution in [3.63, 3.8) is 0 Å². The lowest BCUT2D eigenvalue weighted by Gasteiger charge is -2.24. The summed E-state index contributed by atoms with van der Waals surface area (Å²) in [6, 6.07) is 0.618. The summed E-state index contributed by atoms with van der Waals surface area (Å²) in [5, 5.41) is 0. The summed E-state index contributed by atoms with van der Waals surface area (Å²) in [4.78, 5) is 2.19. The third-order valence-corrected chi connectivity index (χ3v) is 2.04. The van der Waals surface area contributed by atoms with Crippen molar-refractivity contribution in [3.05, 3.63) is 0 Å². The molecule has 0 fully saturated rings. The first-order chi connectivity index (χ1) is 4.76. The van der Waals surface area contributed by atoms with Gasteiger partial charge in [-0.15, -0.1) is 0 Å². The van der Waals surface area contributed by atoms with Crippen LogP contribution in [0.1, 0.15) is 33.6 Å². The van der Waals surface area contributed by atoms with E-state index in [9.17, 15) is 0 Å². The van der Waals surface area contributed by atoms with Crippen molar-refractivity contribution in [1.29, 1.82) is 0 Å². The Bertz CT molecular complexity index is 93.3. The number of hydrogen-bond acceptors (Lipinski definition) is 1. The van der Waals surface area contributed by atoms with Crippen molar-refractivity contribution in [2.24, 2.45) is 0 Å². The van der Waals surface area contributed by atoms with Gasteiger partial charge in [0.05, 0.1) is 5.49 Å². The molecule has 0 saturated heterocycles. The van der Waals surface area contributed by atoms with E-state index in [2.05, 4.69) is 25.7 Å². The molecule has 10 heavy (non-hydrogen) atoms. The van der Waals surface area contributed by atoms with Crippen LogP contribution >= 0.6 is 12.2 Å². The van der Waals surface area contributed by atoms with E-state index in [0.717, 1.165) is 6.54 Å². The maximum absolute atomic E-state index is 4.86. The molecule has 1 nitrogen and oxygen atoms in total. The summed E-state index contributed by atoms with van der Waals surface area (Å²) in [6.07, 6.45) is 2.47. The number of nitrogens with zero attached hydrogens (tertiary/aromatic N) is 1. The van der Waals surface area contributed by atoms with Gasteiger partial charge in [-0.1, -0.05) is 25.6 Å². The normalized spacial score (nSPS) is 12.7. The smallest absolute Gasteiger partial charge is 0.0643 e.